The first kappa shape index (κ1) is 27.9. The van der Waals surface area contributed by atoms with Gasteiger partial charge in [-0.05, 0) is 55.0 Å². The van der Waals surface area contributed by atoms with Gasteiger partial charge in [0.25, 0.3) is 11.5 Å². The van der Waals surface area contributed by atoms with Gasteiger partial charge in [-0.2, -0.15) is 23.0 Å². The second-order valence-corrected chi connectivity index (χ2v) is 11.7. The Labute approximate surface area is 236 Å². The number of fused-ring (bicyclic) bond motifs is 1. The van der Waals surface area contributed by atoms with Crippen LogP contribution in [-0.2, 0) is 12.5 Å². The third-order valence-corrected chi connectivity index (χ3v) is 8.17. The lowest BCUT2D eigenvalue weighted by Crippen LogP contribution is -2.31. The van der Waals surface area contributed by atoms with Crippen LogP contribution in [0.3, 0.4) is 0 Å². The van der Waals surface area contributed by atoms with Crippen molar-refractivity contribution >= 4 is 28.3 Å². The Balaban J connectivity index is 1.44. The number of hydrogen-bond acceptors (Lipinski definition) is 5. The molecule has 0 unspecified atom stereocenters. The first-order valence-corrected chi connectivity index (χ1v) is 13.4. The van der Waals surface area contributed by atoms with Crippen molar-refractivity contribution in [2.45, 2.75) is 44.7 Å². The zero-order valence-electron chi connectivity index (χ0n) is 23.0. The first-order valence-electron chi connectivity index (χ1n) is 13.4. The van der Waals surface area contributed by atoms with Crippen LogP contribution in [0.25, 0.3) is 16.7 Å². The number of alkyl halides is 3. The Morgan fingerprint density at radius 2 is 1.67 bits per heavy atom. The maximum Gasteiger partial charge on any atom is 0.401 e. The van der Waals surface area contributed by atoms with Crippen molar-refractivity contribution in [2.75, 3.05) is 23.3 Å². The molecule has 0 spiro atoms. The van der Waals surface area contributed by atoms with Crippen molar-refractivity contribution in [3.63, 3.8) is 0 Å². The number of amides is 1. The molecule has 13 heteroatoms. The summed E-state index contributed by atoms with van der Waals surface area (Å²) in [6, 6.07) is 8.35. The van der Waals surface area contributed by atoms with Crippen molar-refractivity contribution in [2.24, 2.45) is 12.5 Å². The zero-order chi connectivity index (χ0) is 30.2. The molecule has 220 valence electrons. The second kappa shape index (κ2) is 9.36. The predicted octanol–water partition coefficient (Wildman–Crippen LogP) is 5.48. The molecular weight excluding hydrogens is 559 g/mol. The van der Waals surface area contributed by atoms with Crippen molar-refractivity contribution in [3.8, 4) is 5.69 Å². The van der Waals surface area contributed by atoms with E-state index >= 15 is 0 Å². The van der Waals surface area contributed by atoms with Gasteiger partial charge in [0, 0.05) is 26.2 Å². The Morgan fingerprint density at radius 1 is 0.976 bits per heavy atom. The number of para-hydroxylation sites is 1. The molecule has 2 aromatic carbocycles. The number of rotatable bonds is 5. The van der Waals surface area contributed by atoms with Crippen molar-refractivity contribution in [1.82, 2.24) is 19.3 Å². The van der Waals surface area contributed by atoms with Gasteiger partial charge in [0.05, 0.1) is 16.9 Å². The summed E-state index contributed by atoms with van der Waals surface area (Å²) in [4.78, 5) is 32.4. The van der Waals surface area contributed by atoms with Crippen LogP contribution < -0.4 is 15.8 Å². The van der Waals surface area contributed by atoms with E-state index in [0.717, 1.165) is 36.8 Å². The highest BCUT2D eigenvalue weighted by molar-refractivity contribution is 6.08. The fourth-order valence-corrected chi connectivity index (χ4v) is 5.73. The van der Waals surface area contributed by atoms with E-state index in [9.17, 15) is 31.5 Å². The summed E-state index contributed by atoms with van der Waals surface area (Å²) in [6.45, 7) is 5.31. The molecule has 2 fully saturated rings. The van der Waals surface area contributed by atoms with Crippen LogP contribution in [-0.4, -0.2) is 44.5 Å². The third-order valence-electron chi connectivity index (χ3n) is 8.17. The summed E-state index contributed by atoms with van der Waals surface area (Å²) in [5, 5.41) is 6.66. The third kappa shape index (κ3) is 4.42. The van der Waals surface area contributed by atoms with Gasteiger partial charge >= 0.3 is 6.18 Å². The first-order chi connectivity index (χ1) is 19.7. The minimum absolute atomic E-state index is 0.0483. The van der Waals surface area contributed by atoms with Crippen LogP contribution in [0, 0.1) is 17.0 Å². The van der Waals surface area contributed by atoms with E-state index in [1.165, 1.54) is 4.57 Å². The zero-order valence-corrected chi connectivity index (χ0v) is 23.0. The maximum atomic E-state index is 14.4. The summed E-state index contributed by atoms with van der Waals surface area (Å²) >= 11 is 0. The average Bonchev–Trinajstić information content (AvgIpc) is 3.56. The summed E-state index contributed by atoms with van der Waals surface area (Å²) in [6.07, 6.45) is -3.74. The Kier molecular flexibility index (Phi) is 6.21. The molecule has 1 saturated carbocycles. The number of halogens is 5. The normalized spacial score (nSPS) is 17.6. The molecule has 0 radical (unpaired) electrons. The van der Waals surface area contributed by atoms with Gasteiger partial charge in [0.2, 0.25) is 0 Å². The van der Waals surface area contributed by atoms with E-state index in [2.05, 4.69) is 29.2 Å². The van der Waals surface area contributed by atoms with Crippen LogP contribution in [0.1, 0.15) is 49.4 Å². The predicted molar refractivity (Wildman–Crippen MR) is 146 cm³/mol. The molecule has 8 nitrogen and oxygen atoms in total. The van der Waals surface area contributed by atoms with Crippen LogP contribution >= 0.6 is 0 Å². The number of benzene rings is 2. The van der Waals surface area contributed by atoms with Gasteiger partial charge in [-0.3, -0.25) is 9.59 Å². The number of carbonyl (C=O) groups excluding carboxylic acids is 1. The Morgan fingerprint density at radius 3 is 2.26 bits per heavy atom. The van der Waals surface area contributed by atoms with Crippen molar-refractivity contribution in [3.05, 3.63) is 76.0 Å². The number of nitrogens with zero attached hydrogens (tertiary/aromatic N) is 5. The lowest BCUT2D eigenvalue weighted by Gasteiger charge is -2.24. The van der Waals surface area contributed by atoms with Gasteiger partial charge in [-0.25, -0.2) is 13.8 Å². The minimum atomic E-state index is -4.46. The monoisotopic (exact) mass is 586 g/mol. The molecule has 3 heterocycles. The SMILES string of the molecule is Cn1c(C2(C(F)(F)F)CC2)nc2c(N3CCC(C)(C)C3)c(NC(=O)c3ccc(=O)n(-c4c(F)cccc4F)n3)ccc21. The van der Waals surface area contributed by atoms with Crippen LogP contribution in [0.2, 0.25) is 0 Å². The maximum absolute atomic E-state index is 14.4. The molecule has 0 bridgehead atoms. The van der Waals surface area contributed by atoms with Gasteiger partial charge in [-0.15, -0.1) is 0 Å². The molecular formula is C29H27F5N6O2. The van der Waals surface area contributed by atoms with E-state index in [1.54, 1.807) is 19.2 Å². The highest BCUT2D eigenvalue weighted by Gasteiger charge is 2.66. The molecule has 1 aliphatic carbocycles. The minimum Gasteiger partial charge on any atom is -0.367 e. The second-order valence-electron chi connectivity index (χ2n) is 11.7. The number of imidazole rings is 1. The van der Waals surface area contributed by atoms with Crippen molar-refractivity contribution in [1.29, 1.82) is 0 Å². The van der Waals surface area contributed by atoms with Crippen LogP contribution in [0.5, 0.6) is 0 Å². The van der Waals surface area contributed by atoms with Gasteiger partial charge < -0.3 is 14.8 Å². The van der Waals surface area contributed by atoms with Gasteiger partial charge in [0.1, 0.15) is 28.1 Å². The number of nitrogens with one attached hydrogen (secondary N) is 1. The van der Waals surface area contributed by atoms with E-state index in [4.69, 9.17) is 0 Å². The largest absolute Gasteiger partial charge is 0.401 e. The molecule has 6 rings (SSSR count). The Bertz CT molecular complexity index is 1780. The average molecular weight is 587 g/mol. The van der Waals surface area contributed by atoms with E-state index in [1.807, 2.05) is 4.90 Å². The quantitative estimate of drug-likeness (QED) is 0.313. The number of hydrogen-bond donors (Lipinski definition) is 1. The Hall–Kier alpha value is -4.29. The summed E-state index contributed by atoms with van der Waals surface area (Å²) in [7, 11) is 1.56. The molecule has 1 N–H and O–H groups in total. The number of anilines is 2. The fourth-order valence-electron chi connectivity index (χ4n) is 5.73. The lowest BCUT2D eigenvalue weighted by molar-refractivity contribution is -0.162. The topological polar surface area (TPSA) is 85.0 Å². The fraction of sp³-hybridized carbons (Fsp3) is 0.379. The van der Waals surface area contributed by atoms with Gasteiger partial charge in [0.15, 0.2) is 11.6 Å². The van der Waals surface area contributed by atoms with Crippen LogP contribution in [0.4, 0.5) is 33.3 Å². The molecule has 1 saturated heterocycles. The van der Waals surface area contributed by atoms with E-state index in [0.29, 0.717) is 34.5 Å². The van der Waals surface area contributed by atoms with Crippen LogP contribution in [0.15, 0.2) is 47.3 Å². The summed E-state index contributed by atoms with van der Waals surface area (Å²) in [5.74, 6) is -2.94. The molecule has 2 aromatic heterocycles. The highest BCUT2D eigenvalue weighted by atomic mass is 19.4. The molecule has 2 aliphatic rings. The van der Waals surface area contributed by atoms with E-state index < -0.39 is 40.4 Å². The standard InChI is InChI=1S/C29H27F5N6O2/c1-27(2)13-14-39(15-27)24-18(7-9-20-22(24)36-26(38(20)3)28(11-12-28)29(32,33)34)35-25(42)19-8-10-21(41)40(37-19)23-16(30)5-4-6-17(23)31/h4-10H,11-15H2,1-3H3,(H,35,42). The summed E-state index contributed by atoms with van der Waals surface area (Å²) < 4.78 is 72.9. The molecule has 1 aliphatic heterocycles. The summed E-state index contributed by atoms with van der Waals surface area (Å²) in [5.41, 5.74) is -2.42. The van der Waals surface area contributed by atoms with Gasteiger partial charge in [-0.1, -0.05) is 19.9 Å². The molecule has 42 heavy (non-hydrogen) atoms. The molecule has 1 amide bonds. The highest BCUT2D eigenvalue weighted by Crippen LogP contribution is 2.59. The lowest BCUT2D eigenvalue weighted by atomic mass is 9.93. The number of aromatic nitrogens is 4. The molecule has 0 atom stereocenters. The number of aryl methyl sites for hydroxylation is 1. The van der Waals surface area contributed by atoms with Crippen molar-refractivity contribution < 1.29 is 26.7 Å². The molecule has 4 aromatic rings. The smallest absolute Gasteiger partial charge is 0.367 e. The van der Waals surface area contributed by atoms with E-state index in [-0.39, 0.29) is 35.5 Å². The number of carbonyl (C=O) groups is 1.